The smallest absolute Gasteiger partial charge is 0.241 e. The first kappa shape index (κ1) is 16.6. The van der Waals surface area contributed by atoms with Gasteiger partial charge in [0.15, 0.2) is 5.82 Å². The van der Waals surface area contributed by atoms with E-state index in [2.05, 4.69) is 20.8 Å². The van der Waals surface area contributed by atoms with E-state index in [1.54, 1.807) is 0 Å². The van der Waals surface area contributed by atoms with Crippen LogP contribution in [0.3, 0.4) is 0 Å². The topological polar surface area (TPSA) is 92.9 Å². The van der Waals surface area contributed by atoms with Crippen molar-refractivity contribution in [2.45, 2.75) is 59.1 Å². The first-order chi connectivity index (χ1) is 9.49. The van der Waals surface area contributed by atoms with E-state index in [0.29, 0.717) is 5.82 Å². The fourth-order valence-electron chi connectivity index (χ4n) is 2.15. The number of carbonyl (C=O) groups excluding carboxylic acids is 1. The second kappa shape index (κ2) is 7.94. The zero-order chi connectivity index (χ0) is 15.1. The quantitative estimate of drug-likeness (QED) is 0.733. The lowest BCUT2D eigenvalue weighted by atomic mass is 9.96. The molecule has 1 aromatic heterocycles. The first-order valence-corrected chi connectivity index (χ1v) is 7.20. The highest BCUT2D eigenvalue weighted by Crippen LogP contribution is 2.12. The molecule has 0 saturated carbocycles. The lowest BCUT2D eigenvalue weighted by Crippen LogP contribution is -2.38. The van der Waals surface area contributed by atoms with Gasteiger partial charge in [-0.1, -0.05) is 40.5 Å². The number of aliphatic hydroxyl groups is 1. The molecule has 1 heterocycles. The summed E-state index contributed by atoms with van der Waals surface area (Å²) in [6.45, 7) is 8.36. The maximum absolute atomic E-state index is 11.9. The molecule has 1 rings (SSSR count). The summed E-state index contributed by atoms with van der Waals surface area (Å²) in [4.78, 5) is 11.9. The Morgan fingerprint density at radius 1 is 1.35 bits per heavy atom. The number of nitrogens with zero attached hydrogens (tertiary/aromatic N) is 4. The Balaban J connectivity index is 2.46. The molecule has 0 aliphatic heterocycles. The third kappa shape index (κ3) is 4.56. The van der Waals surface area contributed by atoms with Crippen LogP contribution in [0.15, 0.2) is 0 Å². The van der Waals surface area contributed by atoms with E-state index >= 15 is 0 Å². The Morgan fingerprint density at radius 3 is 2.55 bits per heavy atom. The third-order valence-corrected chi connectivity index (χ3v) is 3.47. The van der Waals surface area contributed by atoms with E-state index in [4.69, 9.17) is 0 Å². The summed E-state index contributed by atoms with van der Waals surface area (Å²) in [5, 5.41) is 24.0. The highest BCUT2D eigenvalue weighted by atomic mass is 16.3. The largest absolute Gasteiger partial charge is 0.391 e. The van der Waals surface area contributed by atoms with Crippen molar-refractivity contribution >= 4 is 5.91 Å². The van der Waals surface area contributed by atoms with Crippen molar-refractivity contribution in [3.63, 3.8) is 0 Å². The Labute approximate surface area is 119 Å². The van der Waals surface area contributed by atoms with Gasteiger partial charge >= 0.3 is 0 Å². The number of nitrogens with one attached hydrogen (secondary N) is 1. The summed E-state index contributed by atoms with van der Waals surface area (Å²) in [6.07, 6.45) is 1.29. The zero-order valence-electron chi connectivity index (χ0n) is 12.7. The van der Waals surface area contributed by atoms with Crippen molar-refractivity contribution < 1.29 is 9.90 Å². The number of carbonyl (C=O) groups is 1. The fraction of sp³-hybridized carbons (Fsp3) is 0.846. The number of aliphatic hydroxyl groups excluding tert-OH is 1. The van der Waals surface area contributed by atoms with Crippen LogP contribution >= 0.6 is 0 Å². The van der Waals surface area contributed by atoms with E-state index in [9.17, 15) is 9.90 Å². The highest BCUT2D eigenvalue weighted by Gasteiger charge is 2.17. The molecule has 0 spiro atoms. The second-order valence-electron chi connectivity index (χ2n) is 5.30. The molecule has 2 N–H and O–H groups in total. The van der Waals surface area contributed by atoms with Gasteiger partial charge in [0.1, 0.15) is 6.54 Å². The minimum atomic E-state index is -0.507. The first-order valence-electron chi connectivity index (χ1n) is 7.20. The fourth-order valence-corrected chi connectivity index (χ4v) is 2.15. The molecule has 0 bridgehead atoms. The monoisotopic (exact) mass is 283 g/mol. The molecule has 0 aliphatic carbocycles. The number of tetrazole rings is 1. The normalized spacial score (nSPS) is 12.9. The summed E-state index contributed by atoms with van der Waals surface area (Å²) in [5.41, 5.74) is 0. The SMILES string of the molecule is CCC(CC)C(O)CNC(=O)Cn1nnnc1C(C)C. The van der Waals surface area contributed by atoms with E-state index < -0.39 is 6.10 Å². The average molecular weight is 283 g/mol. The predicted molar refractivity (Wildman–Crippen MR) is 75.0 cm³/mol. The van der Waals surface area contributed by atoms with Crippen LogP contribution < -0.4 is 5.32 Å². The van der Waals surface area contributed by atoms with Crippen LogP contribution in [0.1, 0.15) is 52.3 Å². The average Bonchev–Trinajstić information content (AvgIpc) is 2.86. The number of amides is 1. The molecule has 1 unspecified atom stereocenters. The van der Waals surface area contributed by atoms with E-state index in [1.165, 1.54) is 4.68 Å². The number of hydrogen-bond donors (Lipinski definition) is 2. The molecule has 1 amide bonds. The van der Waals surface area contributed by atoms with Crippen molar-refractivity contribution in [3.05, 3.63) is 5.82 Å². The minimum Gasteiger partial charge on any atom is -0.391 e. The Morgan fingerprint density at radius 2 is 2.00 bits per heavy atom. The molecule has 0 radical (unpaired) electrons. The van der Waals surface area contributed by atoms with Crippen LogP contribution in [0, 0.1) is 5.92 Å². The molecule has 1 aromatic rings. The zero-order valence-corrected chi connectivity index (χ0v) is 12.7. The lowest BCUT2D eigenvalue weighted by Gasteiger charge is -2.20. The van der Waals surface area contributed by atoms with Gasteiger partial charge in [0.05, 0.1) is 6.10 Å². The standard InChI is InChI=1S/C13H25N5O2/c1-5-10(6-2)11(19)7-14-12(20)8-18-13(9(3)4)15-16-17-18/h9-11,19H,5-8H2,1-4H3,(H,14,20). The summed E-state index contributed by atoms with van der Waals surface area (Å²) in [5.74, 6) is 0.868. The van der Waals surface area contributed by atoms with Crippen molar-refractivity contribution in [2.24, 2.45) is 5.92 Å². The van der Waals surface area contributed by atoms with Crippen LogP contribution in [0.5, 0.6) is 0 Å². The van der Waals surface area contributed by atoms with Gasteiger partial charge in [-0.25, -0.2) is 4.68 Å². The molecule has 0 aliphatic rings. The van der Waals surface area contributed by atoms with Gasteiger partial charge in [0.2, 0.25) is 5.91 Å². The molecule has 1 atom stereocenters. The number of aromatic nitrogens is 4. The molecule has 0 fully saturated rings. The Kier molecular flexibility index (Phi) is 6.57. The van der Waals surface area contributed by atoms with Crippen LogP contribution in [-0.2, 0) is 11.3 Å². The summed E-state index contributed by atoms with van der Waals surface area (Å²) in [6, 6.07) is 0. The van der Waals surface area contributed by atoms with Crippen LogP contribution in [0.4, 0.5) is 0 Å². The molecule has 0 aromatic carbocycles. The number of rotatable bonds is 8. The van der Waals surface area contributed by atoms with Crippen molar-refractivity contribution in [1.29, 1.82) is 0 Å². The predicted octanol–water partition coefficient (Wildman–Crippen LogP) is 0.710. The molecule has 114 valence electrons. The summed E-state index contributed by atoms with van der Waals surface area (Å²) in [7, 11) is 0. The Bertz CT molecular complexity index is 415. The van der Waals surface area contributed by atoms with Crippen LogP contribution in [0.2, 0.25) is 0 Å². The van der Waals surface area contributed by atoms with Crippen LogP contribution in [0.25, 0.3) is 0 Å². The van der Waals surface area contributed by atoms with Gasteiger partial charge in [0.25, 0.3) is 0 Å². The minimum absolute atomic E-state index is 0.0795. The van der Waals surface area contributed by atoms with Crippen molar-refractivity contribution in [2.75, 3.05) is 6.54 Å². The second-order valence-corrected chi connectivity index (χ2v) is 5.30. The lowest BCUT2D eigenvalue weighted by molar-refractivity contribution is -0.122. The van der Waals surface area contributed by atoms with Gasteiger partial charge in [-0.3, -0.25) is 4.79 Å². The van der Waals surface area contributed by atoms with Gasteiger partial charge in [-0.2, -0.15) is 0 Å². The van der Waals surface area contributed by atoms with Crippen molar-refractivity contribution in [3.8, 4) is 0 Å². The molecular weight excluding hydrogens is 258 g/mol. The molecular formula is C13H25N5O2. The third-order valence-electron chi connectivity index (χ3n) is 3.47. The highest BCUT2D eigenvalue weighted by molar-refractivity contribution is 5.75. The Hall–Kier alpha value is -1.50. The van der Waals surface area contributed by atoms with Gasteiger partial charge in [-0.15, -0.1) is 5.10 Å². The number of hydrogen-bond acceptors (Lipinski definition) is 5. The van der Waals surface area contributed by atoms with Gasteiger partial charge in [0, 0.05) is 12.5 Å². The maximum Gasteiger partial charge on any atom is 0.241 e. The molecule has 7 heteroatoms. The van der Waals surface area contributed by atoms with E-state index in [0.717, 1.165) is 12.8 Å². The van der Waals surface area contributed by atoms with Crippen LogP contribution in [-0.4, -0.2) is 43.9 Å². The van der Waals surface area contributed by atoms with E-state index in [1.807, 2.05) is 27.7 Å². The summed E-state index contributed by atoms with van der Waals surface area (Å²) >= 11 is 0. The molecule has 7 nitrogen and oxygen atoms in total. The summed E-state index contributed by atoms with van der Waals surface area (Å²) < 4.78 is 1.49. The van der Waals surface area contributed by atoms with Gasteiger partial charge < -0.3 is 10.4 Å². The van der Waals surface area contributed by atoms with Crippen molar-refractivity contribution in [1.82, 2.24) is 25.5 Å². The molecule has 20 heavy (non-hydrogen) atoms. The van der Waals surface area contributed by atoms with Gasteiger partial charge in [-0.05, 0) is 16.3 Å². The maximum atomic E-state index is 11.9. The van der Waals surface area contributed by atoms with E-state index in [-0.39, 0.29) is 30.8 Å². The molecule has 0 saturated heterocycles.